The van der Waals surface area contributed by atoms with Gasteiger partial charge in [0, 0.05) is 26.2 Å². The van der Waals surface area contributed by atoms with Gasteiger partial charge in [0.05, 0.1) is 47.0 Å². The zero-order valence-electron chi connectivity index (χ0n) is 21.3. The molecule has 2 aliphatic rings. The third kappa shape index (κ3) is 5.79. The molecule has 1 amide bonds. The summed E-state index contributed by atoms with van der Waals surface area (Å²) in [6, 6.07) is 6.81. The number of morpholine rings is 1. The number of aromatic nitrogens is 1. The molecule has 2 aromatic rings. The normalized spacial score (nSPS) is 18.8. The van der Waals surface area contributed by atoms with Crippen LogP contribution in [0.3, 0.4) is 0 Å². The molecule has 1 unspecified atom stereocenters. The number of carbonyl (C=O) groups excluding carboxylic acids is 2. The first-order valence-electron chi connectivity index (χ1n) is 12.7. The molecular formula is C27H35N3O5S. The number of aryl methyl sites for hydroxylation is 2. The van der Waals surface area contributed by atoms with Crippen LogP contribution in [0.15, 0.2) is 35.6 Å². The Morgan fingerprint density at radius 1 is 1.22 bits per heavy atom. The van der Waals surface area contributed by atoms with E-state index in [9.17, 15) is 14.7 Å². The first-order chi connectivity index (χ1) is 17.4. The van der Waals surface area contributed by atoms with Gasteiger partial charge in [0.15, 0.2) is 5.76 Å². The van der Waals surface area contributed by atoms with Crippen molar-refractivity contribution in [3.63, 3.8) is 0 Å². The lowest BCUT2D eigenvalue weighted by Gasteiger charge is -2.30. The van der Waals surface area contributed by atoms with Crippen molar-refractivity contribution in [2.24, 2.45) is 0 Å². The van der Waals surface area contributed by atoms with E-state index in [4.69, 9.17) is 9.47 Å². The summed E-state index contributed by atoms with van der Waals surface area (Å²) >= 11 is 1.29. The van der Waals surface area contributed by atoms with Gasteiger partial charge in [-0.15, -0.1) is 11.3 Å². The fourth-order valence-electron chi connectivity index (χ4n) is 4.73. The standard InChI is InChI=1S/C27H35N3O5S/c1-4-5-14-35-21-9-6-8-20(17-21)23-22(24(31)26-18(2)28-19(3)36-26)25(32)27(33)30(23)11-7-10-29-12-15-34-16-13-29/h6,8-9,17,23,32H,4-5,7,10-16H2,1-3H3. The fourth-order valence-corrected chi connectivity index (χ4v) is 5.60. The average Bonchev–Trinajstić information content (AvgIpc) is 3.35. The lowest BCUT2D eigenvalue weighted by molar-refractivity contribution is -0.129. The summed E-state index contributed by atoms with van der Waals surface area (Å²) in [5, 5.41) is 11.7. The van der Waals surface area contributed by atoms with E-state index in [0.717, 1.165) is 49.5 Å². The minimum atomic E-state index is -0.689. The fraction of sp³-hybridized carbons (Fsp3) is 0.519. The molecular weight excluding hydrogens is 478 g/mol. The maximum Gasteiger partial charge on any atom is 0.290 e. The van der Waals surface area contributed by atoms with Crippen molar-refractivity contribution < 1.29 is 24.2 Å². The number of Topliss-reactive ketones (excluding diaryl/α,β-unsaturated/α-hetero) is 1. The molecule has 2 aliphatic heterocycles. The first kappa shape index (κ1) is 26.3. The van der Waals surface area contributed by atoms with E-state index in [1.165, 1.54) is 11.3 Å². The zero-order chi connectivity index (χ0) is 25.7. The molecule has 0 bridgehead atoms. The monoisotopic (exact) mass is 513 g/mol. The molecule has 0 spiro atoms. The predicted octanol–water partition coefficient (Wildman–Crippen LogP) is 4.24. The van der Waals surface area contributed by atoms with Crippen molar-refractivity contribution >= 4 is 23.0 Å². The van der Waals surface area contributed by atoms with E-state index in [1.54, 1.807) is 11.8 Å². The lowest BCUT2D eigenvalue weighted by atomic mass is 9.95. The van der Waals surface area contributed by atoms with Gasteiger partial charge in [0.25, 0.3) is 5.91 Å². The Hall–Kier alpha value is -2.75. The van der Waals surface area contributed by atoms with Crippen molar-refractivity contribution in [1.29, 1.82) is 0 Å². The second kappa shape index (κ2) is 12.0. The number of rotatable bonds is 11. The Morgan fingerprint density at radius 2 is 2.00 bits per heavy atom. The minimum absolute atomic E-state index is 0.115. The molecule has 0 radical (unpaired) electrons. The number of benzene rings is 1. The SMILES string of the molecule is CCCCOc1cccc(C2C(C(=O)c3sc(C)nc3C)=C(O)C(=O)N2CCCN2CCOCC2)c1. The van der Waals surface area contributed by atoms with E-state index in [1.807, 2.05) is 31.2 Å². The third-order valence-electron chi connectivity index (χ3n) is 6.58. The van der Waals surface area contributed by atoms with Gasteiger partial charge < -0.3 is 19.5 Å². The molecule has 1 aromatic heterocycles. The smallest absolute Gasteiger partial charge is 0.290 e. The molecule has 1 N–H and O–H groups in total. The van der Waals surface area contributed by atoms with E-state index < -0.39 is 17.7 Å². The minimum Gasteiger partial charge on any atom is -0.503 e. The number of hydrogen-bond acceptors (Lipinski definition) is 8. The summed E-state index contributed by atoms with van der Waals surface area (Å²) in [4.78, 5) is 35.8. The molecule has 9 heteroatoms. The van der Waals surface area contributed by atoms with E-state index in [0.29, 0.717) is 42.7 Å². The maximum absolute atomic E-state index is 13.7. The van der Waals surface area contributed by atoms with Crippen LogP contribution in [-0.4, -0.2) is 77.6 Å². The molecule has 8 nitrogen and oxygen atoms in total. The Labute approximate surface area is 216 Å². The first-order valence-corrected chi connectivity index (χ1v) is 13.5. The van der Waals surface area contributed by atoms with Gasteiger partial charge >= 0.3 is 0 Å². The molecule has 194 valence electrons. The van der Waals surface area contributed by atoms with Gasteiger partial charge in [-0.25, -0.2) is 4.98 Å². The van der Waals surface area contributed by atoms with E-state index in [2.05, 4.69) is 16.8 Å². The van der Waals surface area contributed by atoms with Crippen LogP contribution in [0.5, 0.6) is 5.75 Å². The highest BCUT2D eigenvalue weighted by atomic mass is 32.1. The van der Waals surface area contributed by atoms with Crippen LogP contribution in [0, 0.1) is 13.8 Å². The van der Waals surface area contributed by atoms with Gasteiger partial charge in [-0.2, -0.15) is 0 Å². The number of aliphatic hydroxyl groups is 1. The van der Waals surface area contributed by atoms with Crippen LogP contribution in [0.4, 0.5) is 0 Å². The zero-order valence-corrected chi connectivity index (χ0v) is 22.1. The van der Waals surface area contributed by atoms with Crippen molar-refractivity contribution in [1.82, 2.24) is 14.8 Å². The summed E-state index contributed by atoms with van der Waals surface area (Å²) in [7, 11) is 0. The highest BCUT2D eigenvalue weighted by Crippen LogP contribution is 2.41. The van der Waals surface area contributed by atoms with Crippen LogP contribution in [0.25, 0.3) is 0 Å². The molecule has 1 aromatic carbocycles. The van der Waals surface area contributed by atoms with Gasteiger partial charge in [0.2, 0.25) is 5.78 Å². The number of ether oxygens (including phenoxy) is 2. The van der Waals surface area contributed by atoms with Crippen molar-refractivity contribution in [3.05, 3.63) is 56.7 Å². The molecule has 36 heavy (non-hydrogen) atoms. The second-order valence-corrected chi connectivity index (χ2v) is 10.4. The molecule has 4 rings (SSSR count). The Kier molecular flexibility index (Phi) is 8.77. The summed E-state index contributed by atoms with van der Waals surface area (Å²) < 4.78 is 11.3. The predicted molar refractivity (Wildman–Crippen MR) is 139 cm³/mol. The topological polar surface area (TPSA) is 92.2 Å². The Balaban J connectivity index is 1.63. The Morgan fingerprint density at radius 3 is 2.69 bits per heavy atom. The average molecular weight is 514 g/mol. The van der Waals surface area contributed by atoms with Crippen LogP contribution in [-0.2, 0) is 9.53 Å². The molecule has 0 saturated carbocycles. The van der Waals surface area contributed by atoms with Gasteiger partial charge in [-0.05, 0) is 44.4 Å². The second-order valence-electron chi connectivity index (χ2n) is 9.22. The maximum atomic E-state index is 13.7. The van der Waals surface area contributed by atoms with Crippen molar-refractivity contribution in [2.45, 2.75) is 46.1 Å². The van der Waals surface area contributed by atoms with Gasteiger partial charge in [-0.3, -0.25) is 14.5 Å². The number of ketones is 1. The molecule has 1 fully saturated rings. The summed E-state index contributed by atoms with van der Waals surface area (Å²) in [5.41, 5.74) is 1.47. The molecule has 3 heterocycles. The van der Waals surface area contributed by atoms with Crippen LogP contribution in [0.1, 0.15) is 58.2 Å². The molecule has 1 saturated heterocycles. The third-order valence-corrected chi connectivity index (χ3v) is 7.65. The highest BCUT2D eigenvalue weighted by molar-refractivity contribution is 7.14. The van der Waals surface area contributed by atoms with Crippen molar-refractivity contribution in [2.75, 3.05) is 46.0 Å². The number of amides is 1. The Bertz CT molecular complexity index is 1120. The van der Waals surface area contributed by atoms with Crippen molar-refractivity contribution in [3.8, 4) is 5.75 Å². The lowest BCUT2D eigenvalue weighted by Crippen LogP contribution is -2.39. The van der Waals surface area contributed by atoms with Gasteiger partial charge in [-0.1, -0.05) is 25.5 Å². The van der Waals surface area contributed by atoms with Crippen LogP contribution < -0.4 is 4.74 Å². The highest BCUT2D eigenvalue weighted by Gasteiger charge is 2.44. The van der Waals surface area contributed by atoms with Gasteiger partial charge in [0.1, 0.15) is 5.75 Å². The van der Waals surface area contributed by atoms with E-state index in [-0.39, 0.29) is 11.4 Å². The molecule has 0 aliphatic carbocycles. The van der Waals surface area contributed by atoms with E-state index >= 15 is 0 Å². The summed E-state index contributed by atoms with van der Waals surface area (Å²) in [6.45, 7) is 10.7. The number of hydrogen-bond donors (Lipinski definition) is 1. The number of nitrogens with zero attached hydrogens (tertiary/aromatic N) is 3. The number of aliphatic hydroxyl groups excluding tert-OH is 1. The number of unbranched alkanes of at least 4 members (excludes halogenated alkanes) is 1. The summed E-state index contributed by atoms with van der Waals surface area (Å²) in [5.74, 6) is -0.646. The number of carbonyl (C=O) groups is 2. The summed E-state index contributed by atoms with van der Waals surface area (Å²) in [6.07, 6.45) is 2.69. The largest absolute Gasteiger partial charge is 0.503 e. The van der Waals surface area contributed by atoms with Crippen LogP contribution in [0.2, 0.25) is 0 Å². The van der Waals surface area contributed by atoms with Crippen LogP contribution >= 0.6 is 11.3 Å². The number of thiazole rings is 1. The molecule has 1 atom stereocenters. The quantitative estimate of drug-likeness (QED) is 0.355.